The summed E-state index contributed by atoms with van der Waals surface area (Å²) >= 11 is 0. The van der Waals surface area contributed by atoms with E-state index in [1.807, 2.05) is 29.2 Å². The maximum atomic E-state index is 14.7. The van der Waals surface area contributed by atoms with Crippen molar-refractivity contribution < 1.29 is 13.6 Å². The normalized spacial score (nSPS) is 27.7. The minimum absolute atomic E-state index is 0.0247. The molecule has 2 aromatic heterocycles. The standard InChI is InChI=1S/C23H19FN6O2/c24-15-5-3-4-14(19(15)30-25-8-9-26-30)21(31)29-12-13-10-23(13)11-17(20(23)29)28-22-27-16-6-1-2-7-18(16)32-22/h1-9,13,17,20H,10-12H2,(H,27,28). The van der Waals surface area contributed by atoms with Crippen molar-refractivity contribution in [1.29, 1.82) is 0 Å². The molecule has 32 heavy (non-hydrogen) atoms. The van der Waals surface area contributed by atoms with Crippen molar-refractivity contribution in [2.45, 2.75) is 24.9 Å². The van der Waals surface area contributed by atoms with Crippen LogP contribution in [0.25, 0.3) is 16.8 Å². The van der Waals surface area contributed by atoms with Gasteiger partial charge in [-0.05, 0) is 48.4 Å². The van der Waals surface area contributed by atoms with E-state index in [0.29, 0.717) is 18.5 Å². The summed E-state index contributed by atoms with van der Waals surface area (Å²) in [4.78, 5) is 21.2. The molecule has 4 atom stereocenters. The lowest BCUT2D eigenvalue weighted by molar-refractivity contribution is 0.0467. The van der Waals surface area contributed by atoms with Crippen LogP contribution in [0.1, 0.15) is 23.2 Å². The summed E-state index contributed by atoms with van der Waals surface area (Å²) in [5, 5.41) is 11.5. The molecule has 9 heteroatoms. The van der Waals surface area contributed by atoms with Crippen molar-refractivity contribution in [2.24, 2.45) is 11.3 Å². The molecule has 3 aliphatic rings. The number of carbonyl (C=O) groups is 1. The second-order valence-corrected chi connectivity index (χ2v) is 8.93. The van der Waals surface area contributed by atoms with Crippen LogP contribution < -0.4 is 5.32 Å². The number of hydrogen-bond acceptors (Lipinski definition) is 6. The van der Waals surface area contributed by atoms with Gasteiger partial charge in [0.05, 0.1) is 30.0 Å². The van der Waals surface area contributed by atoms with Crippen molar-refractivity contribution >= 4 is 23.0 Å². The number of benzene rings is 2. The van der Waals surface area contributed by atoms with E-state index in [9.17, 15) is 9.18 Å². The Morgan fingerprint density at radius 3 is 2.81 bits per heavy atom. The molecular weight excluding hydrogens is 411 g/mol. The molecule has 2 saturated carbocycles. The number of piperidine rings is 1. The molecule has 1 aliphatic heterocycles. The largest absolute Gasteiger partial charge is 0.424 e. The van der Waals surface area contributed by atoms with E-state index in [1.165, 1.54) is 23.3 Å². The lowest BCUT2D eigenvalue weighted by Gasteiger charge is -2.47. The molecule has 4 unspecified atom stereocenters. The summed E-state index contributed by atoms with van der Waals surface area (Å²) < 4.78 is 20.5. The van der Waals surface area contributed by atoms with Crippen LogP contribution in [0.2, 0.25) is 0 Å². The van der Waals surface area contributed by atoms with Crippen LogP contribution in [0.15, 0.2) is 59.3 Å². The number of aromatic nitrogens is 4. The minimum Gasteiger partial charge on any atom is -0.424 e. The molecule has 7 rings (SSSR count). The third kappa shape index (κ3) is 2.36. The van der Waals surface area contributed by atoms with Crippen molar-refractivity contribution in [3.05, 3.63) is 66.2 Å². The topological polar surface area (TPSA) is 89.1 Å². The minimum atomic E-state index is -0.527. The zero-order valence-corrected chi connectivity index (χ0v) is 17.0. The van der Waals surface area contributed by atoms with Crippen LogP contribution in [0.4, 0.5) is 10.4 Å². The molecule has 160 valence electrons. The highest BCUT2D eigenvalue weighted by molar-refractivity contribution is 5.98. The number of nitrogens with one attached hydrogen (secondary N) is 1. The monoisotopic (exact) mass is 430 g/mol. The van der Waals surface area contributed by atoms with E-state index < -0.39 is 5.82 Å². The first-order chi connectivity index (χ1) is 15.6. The summed E-state index contributed by atoms with van der Waals surface area (Å²) in [6.07, 6.45) is 5.03. The Balaban J connectivity index is 1.20. The molecule has 1 amide bonds. The highest BCUT2D eigenvalue weighted by Gasteiger charge is 2.75. The molecule has 8 nitrogen and oxygen atoms in total. The van der Waals surface area contributed by atoms with Gasteiger partial charge in [-0.1, -0.05) is 18.2 Å². The average molecular weight is 430 g/mol. The van der Waals surface area contributed by atoms with Gasteiger partial charge in [0.1, 0.15) is 11.2 Å². The first kappa shape index (κ1) is 17.9. The summed E-state index contributed by atoms with van der Waals surface area (Å²) in [5.74, 6) is -0.226. The van der Waals surface area contributed by atoms with Gasteiger partial charge < -0.3 is 14.6 Å². The van der Waals surface area contributed by atoms with Crippen LogP contribution in [-0.4, -0.2) is 49.4 Å². The van der Waals surface area contributed by atoms with Crippen molar-refractivity contribution in [2.75, 3.05) is 11.9 Å². The summed E-state index contributed by atoms with van der Waals surface area (Å²) in [6.45, 7) is 0.678. The van der Waals surface area contributed by atoms with E-state index in [0.717, 1.165) is 23.9 Å². The number of para-hydroxylation sites is 3. The number of likely N-dealkylation sites (tertiary alicyclic amines) is 1. The van der Waals surface area contributed by atoms with Gasteiger partial charge in [0.15, 0.2) is 11.4 Å². The van der Waals surface area contributed by atoms with Gasteiger partial charge in [0.2, 0.25) is 0 Å². The maximum absolute atomic E-state index is 14.7. The number of rotatable bonds is 4. The predicted octanol–water partition coefficient (Wildman–Crippen LogP) is 3.26. The molecule has 1 N–H and O–H groups in total. The molecule has 2 aliphatic carbocycles. The molecule has 4 aromatic rings. The fourth-order valence-corrected chi connectivity index (χ4v) is 5.83. The van der Waals surface area contributed by atoms with E-state index in [2.05, 4.69) is 20.5 Å². The highest BCUT2D eigenvalue weighted by Crippen LogP contribution is 2.71. The number of fused-ring (bicyclic) bond motifs is 1. The number of nitrogens with zero attached hydrogens (tertiary/aromatic N) is 5. The van der Waals surface area contributed by atoms with Crippen molar-refractivity contribution in [3.63, 3.8) is 0 Å². The third-order valence-corrected chi connectivity index (χ3v) is 7.30. The molecule has 0 bridgehead atoms. The Bertz CT molecular complexity index is 1340. The van der Waals surface area contributed by atoms with Gasteiger partial charge in [-0.25, -0.2) is 4.39 Å². The SMILES string of the molecule is O=C(c1cccc(F)c1-n1nccn1)N1CC2CC23CC(Nc2nc4ccccc4o2)C13. The zero-order valence-electron chi connectivity index (χ0n) is 17.0. The quantitative estimate of drug-likeness (QED) is 0.535. The molecule has 2 aromatic carbocycles. The van der Waals surface area contributed by atoms with Crippen LogP contribution in [0, 0.1) is 17.2 Å². The van der Waals surface area contributed by atoms with Gasteiger partial charge in [-0.2, -0.15) is 15.2 Å². The first-order valence-corrected chi connectivity index (χ1v) is 10.7. The smallest absolute Gasteiger partial charge is 0.295 e. The number of carbonyl (C=O) groups excluding carboxylic acids is 1. The summed E-state index contributed by atoms with van der Waals surface area (Å²) in [7, 11) is 0. The number of amides is 1. The molecule has 0 radical (unpaired) electrons. The van der Waals surface area contributed by atoms with Gasteiger partial charge >= 0.3 is 0 Å². The van der Waals surface area contributed by atoms with Gasteiger partial charge in [0, 0.05) is 6.54 Å². The average Bonchev–Trinajstić information content (AvgIpc) is 3.14. The Morgan fingerprint density at radius 1 is 1.12 bits per heavy atom. The number of anilines is 1. The van der Waals surface area contributed by atoms with Gasteiger partial charge in [-0.3, -0.25) is 4.79 Å². The maximum Gasteiger partial charge on any atom is 0.295 e. The fraction of sp³-hybridized carbons (Fsp3) is 0.304. The van der Waals surface area contributed by atoms with Crippen LogP contribution >= 0.6 is 0 Å². The van der Waals surface area contributed by atoms with Crippen LogP contribution in [0.5, 0.6) is 0 Å². The highest BCUT2D eigenvalue weighted by atomic mass is 19.1. The molecule has 3 fully saturated rings. The number of oxazole rings is 1. The van der Waals surface area contributed by atoms with Gasteiger partial charge in [-0.15, -0.1) is 4.80 Å². The predicted molar refractivity (Wildman–Crippen MR) is 113 cm³/mol. The Morgan fingerprint density at radius 2 is 1.97 bits per heavy atom. The Hall–Kier alpha value is -3.75. The molecule has 1 saturated heterocycles. The number of halogens is 1. The summed E-state index contributed by atoms with van der Waals surface area (Å²) in [5.41, 5.74) is 2.04. The van der Waals surface area contributed by atoms with Crippen molar-refractivity contribution in [3.8, 4) is 5.69 Å². The fourth-order valence-electron chi connectivity index (χ4n) is 5.83. The Labute approximate surface area is 182 Å². The van der Waals surface area contributed by atoms with E-state index in [4.69, 9.17) is 4.42 Å². The number of hydrogen-bond donors (Lipinski definition) is 1. The van der Waals surface area contributed by atoms with Crippen LogP contribution in [-0.2, 0) is 0 Å². The van der Waals surface area contributed by atoms with Gasteiger partial charge in [0.25, 0.3) is 11.9 Å². The molecule has 3 heterocycles. The van der Waals surface area contributed by atoms with Crippen molar-refractivity contribution in [1.82, 2.24) is 24.9 Å². The Kier molecular flexibility index (Phi) is 3.44. The lowest BCUT2D eigenvalue weighted by Crippen LogP contribution is -2.60. The molecule has 1 spiro atoms. The van der Waals surface area contributed by atoms with E-state index in [1.54, 1.807) is 12.1 Å². The lowest BCUT2D eigenvalue weighted by atomic mass is 9.71. The van der Waals surface area contributed by atoms with E-state index >= 15 is 0 Å². The molecular formula is C23H19FN6O2. The third-order valence-electron chi connectivity index (χ3n) is 7.30. The van der Waals surface area contributed by atoms with Crippen LogP contribution in [0.3, 0.4) is 0 Å². The van der Waals surface area contributed by atoms with E-state index in [-0.39, 0.29) is 34.7 Å². The second-order valence-electron chi connectivity index (χ2n) is 8.93. The first-order valence-electron chi connectivity index (χ1n) is 10.7. The summed E-state index contributed by atoms with van der Waals surface area (Å²) in [6, 6.07) is 12.7. The zero-order chi connectivity index (χ0) is 21.4. The second kappa shape index (κ2) is 6.15.